The van der Waals surface area contributed by atoms with Crippen LogP contribution in [-0.4, -0.2) is 0 Å². The first kappa shape index (κ1) is 42.6. The Morgan fingerprint density at radius 2 is 0.902 bits per heavy atom. The fourth-order valence-corrected chi connectivity index (χ4v) is 3.33. The maximum atomic E-state index is 2.29. The predicted octanol–water partition coefficient (Wildman–Crippen LogP) is 13.9. The molecule has 0 saturated heterocycles. The van der Waals surface area contributed by atoms with Crippen molar-refractivity contribution < 1.29 is 0 Å². The molecular weight excluding hydrogens is 492 g/mol. The summed E-state index contributed by atoms with van der Waals surface area (Å²) < 4.78 is 0. The van der Waals surface area contributed by atoms with Crippen LogP contribution in [0.3, 0.4) is 0 Å². The van der Waals surface area contributed by atoms with E-state index in [1.165, 1.54) is 70.7 Å². The van der Waals surface area contributed by atoms with Gasteiger partial charge in [-0.05, 0) is 61.1 Å². The minimum Gasteiger partial charge on any atom is -0.0683 e. The van der Waals surface area contributed by atoms with Crippen LogP contribution >= 0.6 is 0 Å². The van der Waals surface area contributed by atoms with Crippen molar-refractivity contribution in [3.8, 4) is 0 Å². The number of unbranched alkanes of at least 4 members (excludes halogenated alkanes) is 1. The third kappa shape index (κ3) is 23.5. The first-order valence-electron chi connectivity index (χ1n) is 16.4. The molecule has 0 unspecified atom stereocenters. The lowest BCUT2D eigenvalue weighted by atomic mass is 10.0. The number of hydrogen-bond donors (Lipinski definition) is 0. The molecule has 0 fully saturated rings. The highest BCUT2D eigenvalue weighted by Gasteiger charge is 1.94. The molecule has 0 saturated carbocycles. The summed E-state index contributed by atoms with van der Waals surface area (Å²) in [5.74, 6) is 0. The van der Waals surface area contributed by atoms with Crippen LogP contribution in [0, 0.1) is 20.8 Å². The maximum absolute atomic E-state index is 2.29. The third-order valence-electron chi connectivity index (χ3n) is 5.71. The van der Waals surface area contributed by atoms with E-state index in [4.69, 9.17) is 0 Å². The SMILES string of the molecule is CC.CC.CCC.CCCC.CCCc1ccc2ccccc2c1.CCc1ccccc1C.Cc1ccc(C)cc1. The van der Waals surface area contributed by atoms with Crippen LogP contribution in [-0.2, 0) is 12.8 Å². The van der Waals surface area contributed by atoms with Crippen molar-refractivity contribution in [2.24, 2.45) is 0 Å². The van der Waals surface area contributed by atoms with Crippen molar-refractivity contribution in [3.63, 3.8) is 0 Å². The highest BCUT2D eigenvalue weighted by atomic mass is 14.0. The number of hydrogen-bond acceptors (Lipinski definition) is 0. The Hall–Kier alpha value is -2.86. The molecule has 0 aliphatic heterocycles. The largest absolute Gasteiger partial charge is 0.0683 e. The molecule has 4 aromatic carbocycles. The molecule has 4 aromatic rings. The normalized spacial score (nSPS) is 8.71. The van der Waals surface area contributed by atoms with Gasteiger partial charge in [-0.1, -0.05) is 197 Å². The van der Waals surface area contributed by atoms with Crippen molar-refractivity contribution in [1.29, 1.82) is 0 Å². The molecule has 0 aliphatic carbocycles. The quantitative estimate of drug-likeness (QED) is 0.234. The van der Waals surface area contributed by atoms with E-state index >= 15 is 0 Å². The van der Waals surface area contributed by atoms with E-state index in [1.54, 1.807) is 0 Å². The summed E-state index contributed by atoms with van der Waals surface area (Å²) in [5, 5.41) is 2.69. The number of aryl methyl sites for hydroxylation is 5. The number of rotatable bonds is 4. The van der Waals surface area contributed by atoms with Gasteiger partial charge in [0.05, 0.1) is 0 Å². The minimum atomic E-state index is 1.15. The first-order valence-corrected chi connectivity index (χ1v) is 16.4. The Labute approximate surface area is 257 Å². The summed E-state index contributed by atoms with van der Waals surface area (Å²) in [7, 11) is 0. The van der Waals surface area contributed by atoms with Crippen LogP contribution in [0.4, 0.5) is 0 Å². The van der Waals surface area contributed by atoms with Crippen LogP contribution < -0.4 is 0 Å². The molecule has 230 valence electrons. The Bertz CT molecular complexity index is 1030. The molecule has 0 atom stereocenters. The summed E-state index contributed by atoms with van der Waals surface area (Å²) in [5.41, 5.74) is 6.96. The van der Waals surface area contributed by atoms with Crippen LogP contribution in [0.25, 0.3) is 10.8 Å². The van der Waals surface area contributed by atoms with Gasteiger partial charge in [0.1, 0.15) is 0 Å². The lowest BCUT2D eigenvalue weighted by molar-refractivity contribution is 0.886. The summed E-state index contributed by atoms with van der Waals surface area (Å²) in [6.07, 6.45) is 7.44. The smallest absolute Gasteiger partial charge is 0.0181 e. The van der Waals surface area contributed by atoms with Gasteiger partial charge in [-0.2, -0.15) is 0 Å². The van der Waals surface area contributed by atoms with Crippen molar-refractivity contribution >= 4 is 10.8 Å². The summed E-state index contributed by atoms with van der Waals surface area (Å²) in [6, 6.07) is 32.2. The molecule has 41 heavy (non-hydrogen) atoms. The topological polar surface area (TPSA) is 0 Å². The van der Waals surface area contributed by atoms with Gasteiger partial charge in [-0.25, -0.2) is 0 Å². The molecule has 0 bridgehead atoms. The zero-order valence-corrected chi connectivity index (χ0v) is 29.4. The van der Waals surface area contributed by atoms with Gasteiger partial charge in [0.15, 0.2) is 0 Å². The second-order valence-corrected chi connectivity index (χ2v) is 9.57. The highest BCUT2D eigenvalue weighted by molar-refractivity contribution is 5.82. The lowest BCUT2D eigenvalue weighted by Crippen LogP contribution is -1.82. The van der Waals surface area contributed by atoms with Crippen LogP contribution in [0.1, 0.15) is 123 Å². The van der Waals surface area contributed by atoms with E-state index in [9.17, 15) is 0 Å². The molecule has 0 amide bonds. The van der Waals surface area contributed by atoms with Gasteiger partial charge in [0.2, 0.25) is 0 Å². The molecule has 0 heterocycles. The Morgan fingerprint density at radius 3 is 1.29 bits per heavy atom. The van der Waals surface area contributed by atoms with Crippen molar-refractivity contribution in [2.75, 3.05) is 0 Å². The Kier molecular flexibility index (Phi) is 32.9. The van der Waals surface area contributed by atoms with Crippen molar-refractivity contribution in [2.45, 2.75) is 129 Å². The van der Waals surface area contributed by atoms with Crippen molar-refractivity contribution in [1.82, 2.24) is 0 Å². The third-order valence-corrected chi connectivity index (χ3v) is 5.71. The molecule has 0 heteroatoms. The molecule has 0 N–H and O–H groups in total. The average molecular weight is 559 g/mol. The fourth-order valence-electron chi connectivity index (χ4n) is 3.33. The van der Waals surface area contributed by atoms with Gasteiger partial charge < -0.3 is 0 Å². The number of fused-ring (bicyclic) bond motifs is 1. The predicted molar refractivity (Wildman–Crippen MR) is 194 cm³/mol. The van der Waals surface area contributed by atoms with E-state index in [-0.39, 0.29) is 0 Å². The standard InChI is InChI=1S/C13H14.C9H12.C8H10.C4H10.C3H8.2C2H6/c1-2-5-11-8-9-12-6-3-4-7-13(12)10-11;1-3-9-7-5-4-6-8(9)2;1-7-3-5-8(2)6-4-7;1-3-4-2;1-3-2;2*1-2/h3-4,6-10H,2,5H2,1H3;4-7H,3H2,1-2H3;3-6H,1-2H3;3-4H2,1-2H3;3H2,1-2H3;2*1-2H3. The van der Waals surface area contributed by atoms with E-state index < -0.39 is 0 Å². The Balaban J connectivity index is -0.000000459. The Morgan fingerprint density at radius 1 is 0.463 bits per heavy atom. The average Bonchev–Trinajstić information content (AvgIpc) is 3.02. The van der Waals surface area contributed by atoms with E-state index in [0.717, 1.165) is 6.42 Å². The van der Waals surface area contributed by atoms with Crippen LogP contribution in [0.2, 0.25) is 0 Å². The monoisotopic (exact) mass is 559 g/mol. The van der Waals surface area contributed by atoms with Gasteiger partial charge >= 0.3 is 0 Å². The second-order valence-electron chi connectivity index (χ2n) is 9.57. The van der Waals surface area contributed by atoms with E-state index in [1.807, 2.05) is 27.7 Å². The zero-order valence-electron chi connectivity index (χ0n) is 29.4. The van der Waals surface area contributed by atoms with Crippen molar-refractivity contribution in [3.05, 3.63) is 119 Å². The molecule has 0 spiro atoms. The fraction of sp³-hybridized carbons (Fsp3) is 0.463. The summed E-state index contributed by atoms with van der Waals surface area (Å²) in [4.78, 5) is 0. The zero-order chi connectivity index (χ0) is 31.9. The second kappa shape index (κ2) is 31.7. The first-order chi connectivity index (χ1) is 19.9. The maximum Gasteiger partial charge on any atom is -0.0181 e. The van der Waals surface area contributed by atoms with Crippen LogP contribution in [0.15, 0.2) is 91.0 Å². The summed E-state index contributed by atoms with van der Waals surface area (Å²) in [6.45, 7) is 27.4. The molecule has 0 aromatic heterocycles. The molecule has 0 nitrogen and oxygen atoms in total. The van der Waals surface area contributed by atoms with E-state index in [0.29, 0.717) is 0 Å². The van der Waals surface area contributed by atoms with Gasteiger partial charge in [0.25, 0.3) is 0 Å². The lowest BCUT2D eigenvalue weighted by Gasteiger charge is -2.01. The van der Waals surface area contributed by atoms with Gasteiger partial charge in [0, 0.05) is 0 Å². The molecule has 0 radical (unpaired) electrons. The van der Waals surface area contributed by atoms with Gasteiger partial charge in [-0.15, -0.1) is 0 Å². The highest BCUT2D eigenvalue weighted by Crippen LogP contribution is 2.16. The molecule has 4 rings (SSSR count). The molecular formula is C41H66. The van der Waals surface area contributed by atoms with Crippen LogP contribution in [0.5, 0.6) is 0 Å². The van der Waals surface area contributed by atoms with E-state index in [2.05, 4.69) is 153 Å². The minimum absolute atomic E-state index is 1.15. The summed E-state index contributed by atoms with van der Waals surface area (Å²) >= 11 is 0. The number of benzene rings is 4. The molecule has 0 aliphatic rings. The van der Waals surface area contributed by atoms with Gasteiger partial charge in [-0.3, -0.25) is 0 Å².